The van der Waals surface area contributed by atoms with Crippen molar-refractivity contribution >= 4 is 11.8 Å². The van der Waals surface area contributed by atoms with Crippen LogP contribution in [-0.2, 0) is 5.75 Å². The van der Waals surface area contributed by atoms with Crippen molar-refractivity contribution in [2.24, 2.45) is 0 Å². The van der Waals surface area contributed by atoms with E-state index in [1.165, 1.54) is 22.5 Å². The first-order valence-corrected chi connectivity index (χ1v) is 8.88. The van der Waals surface area contributed by atoms with E-state index >= 15 is 0 Å². The minimum absolute atomic E-state index is 0.305. The van der Waals surface area contributed by atoms with Crippen molar-refractivity contribution in [2.45, 2.75) is 10.9 Å². The largest absolute Gasteiger partial charge is 0.335 e. The predicted octanol–water partition coefficient (Wildman–Crippen LogP) is 3.28. The summed E-state index contributed by atoms with van der Waals surface area (Å²) in [5.41, 5.74) is 2.44. The van der Waals surface area contributed by atoms with Gasteiger partial charge in [0.2, 0.25) is 5.16 Å². The minimum Gasteiger partial charge on any atom is -0.335 e. The second-order valence-corrected chi connectivity index (χ2v) is 6.50. The quantitative estimate of drug-likeness (QED) is 0.433. The number of nitrogens with two attached hydrogens (primary N) is 1. The molecule has 0 saturated carbocycles. The number of hydrogen-bond acceptors (Lipinski definition) is 5. The molecule has 0 amide bonds. The van der Waals surface area contributed by atoms with Crippen molar-refractivity contribution < 1.29 is 4.39 Å². The van der Waals surface area contributed by atoms with E-state index in [1.54, 1.807) is 29.1 Å². The number of benzene rings is 2. The zero-order valence-corrected chi connectivity index (χ0v) is 14.5. The van der Waals surface area contributed by atoms with Gasteiger partial charge in [-0.1, -0.05) is 36.0 Å². The van der Waals surface area contributed by atoms with Crippen molar-refractivity contribution in [3.05, 3.63) is 78.4 Å². The molecule has 8 heteroatoms. The van der Waals surface area contributed by atoms with E-state index in [0.29, 0.717) is 22.3 Å². The van der Waals surface area contributed by atoms with Gasteiger partial charge in [0.25, 0.3) is 0 Å². The normalized spacial score (nSPS) is 11.0. The zero-order valence-electron chi connectivity index (χ0n) is 13.7. The Kier molecular flexibility index (Phi) is 4.40. The lowest BCUT2D eigenvalue weighted by Crippen LogP contribution is -2.12. The molecule has 0 bridgehead atoms. The third kappa shape index (κ3) is 3.18. The van der Waals surface area contributed by atoms with Gasteiger partial charge < -0.3 is 5.84 Å². The Morgan fingerprint density at radius 3 is 2.54 bits per heavy atom. The molecule has 2 N–H and O–H groups in total. The number of aromatic nitrogens is 5. The molecule has 4 aromatic rings. The van der Waals surface area contributed by atoms with Crippen molar-refractivity contribution in [3.63, 3.8) is 0 Å². The van der Waals surface area contributed by atoms with Crippen LogP contribution in [0.15, 0.2) is 72.1 Å². The van der Waals surface area contributed by atoms with Crippen LogP contribution in [0, 0.1) is 5.82 Å². The van der Waals surface area contributed by atoms with Crippen LogP contribution >= 0.6 is 11.8 Å². The van der Waals surface area contributed by atoms with Crippen LogP contribution < -0.4 is 5.84 Å². The van der Waals surface area contributed by atoms with Crippen molar-refractivity contribution in [3.8, 4) is 17.1 Å². The van der Waals surface area contributed by atoms with Gasteiger partial charge in [-0.15, -0.1) is 10.2 Å². The van der Waals surface area contributed by atoms with Gasteiger partial charge in [0, 0.05) is 18.1 Å². The van der Waals surface area contributed by atoms with Gasteiger partial charge in [0.15, 0.2) is 5.82 Å². The van der Waals surface area contributed by atoms with E-state index in [-0.39, 0.29) is 5.82 Å². The van der Waals surface area contributed by atoms with E-state index in [1.807, 2.05) is 36.5 Å². The summed E-state index contributed by atoms with van der Waals surface area (Å²) in [6, 6.07) is 16.3. The van der Waals surface area contributed by atoms with Gasteiger partial charge >= 0.3 is 0 Å². The molecule has 130 valence electrons. The molecule has 0 spiro atoms. The Labute approximate surface area is 153 Å². The smallest absolute Gasteiger partial charge is 0.210 e. The van der Waals surface area contributed by atoms with E-state index in [9.17, 15) is 4.39 Å². The molecule has 0 aliphatic carbocycles. The maximum absolute atomic E-state index is 13.9. The molecule has 0 aliphatic rings. The number of rotatable bonds is 5. The molecule has 0 atom stereocenters. The third-order valence-corrected chi connectivity index (χ3v) is 4.87. The molecule has 26 heavy (non-hydrogen) atoms. The number of nitrogen functional groups attached to an aromatic ring is 1. The Morgan fingerprint density at radius 2 is 1.81 bits per heavy atom. The summed E-state index contributed by atoms with van der Waals surface area (Å²) in [7, 11) is 0. The van der Waals surface area contributed by atoms with E-state index in [2.05, 4.69) is 15.3 Å². The third-order valence-electron chi connectivity index (χ3n) is 3.85. The van der Waals surface area contributed by atoms with Crippen LogP contribution in [0.5, 0.6) is 0 Å². The highest BCUT2D eigenvalue weighted by atomic mass is 32.2. The molecule has 0 radical (unpaired) electrons. The maximum atomic E-state index is 13.9. The first-order chi connectivity index (χ1) is 12.7. The fraction of sp³-hybridized carbons (Fsp3) is 0.0556. The summed E-state index contributed by atoms with van der Waals surface area (Å²) in [6.07, 6.45) is 3.63. The lowest BCUT2D eigenvalue weighted by Gasteiger charge is -2.06. The summed E-state index contributed by atoms with van der Waals surface area (Å²) in [5, 5.41) is 12.8. The minimum atomic E-state index is -0.377. The molecule has 2 heterocycles. The SMILES string of the molecule is Nn1c(SCc2ccc(-n3cccn3)cc2)nnc1-c1ccccc1F. The van der Waals surface area contributed by atoms with Gasteiger partial charge in [-0.2, -0.15) is 5.10 Å². The van der Waals surface area contributed by atoms with Crippen LogP contribution in [0.3, 0.4) is 0 Å². The number of nitrogens with zero attached hydrogens (tertiary/aromatic N) is 5. The first kappa shape index (κ1) is 16.3. The standard InChI is InChI=1S/C18H15FN6S/c19-16-5-2-1-4-15(16)17-22-23-18(25(17)20)26-12-13-6-8-14(9-7-13)24-11-3-10-21-24/h1-11H,12,20H2. The van der Waals surface area contributed by atoms with Crippen LogP contribution in [-0.4, -0.2) is 24.7 Å². The Balaban J connectivity index is 1.48. The van der Waals surface area contributed by atoms with Gasteiger partial charge in [-0.3, -0.25) is 0 Å². The maximum Gasteiger partial charge on any atom is 0.210 e. The molecule has 6 nitrogen and oxygen atoms in total. The van der Waals surface area contributed by atoms with E-state index in [0.717, 1.165) is 11.3 Å². The van der Waals surface area contributed by atoms with Crippen LogP contribution in [0.4, 0.5) is 4.39 Å². The predicted molar refractivity (Wildman–Crippen MR) is 98.7 cm³/mol. The van der Waals surface area contributed by atoms with E-state index in [4.69, 9.17) is 5.84 Å². The van der Waals surface area contributed by atoms with Crippen molar-refractivity contribution in [1.82, 2.24) is 24.7 Å². The fourth-order valence-corrected chi connectivity index (χ4v) is 3.33. The average molecular weight is 366 g/mol. The van der Waals surface area contributed by atoms with Gasteiger partial charge in [0.05, 0.1) is 11.3 Å². The monoisotopic (exact) mass is 366 g/mol. The number of hydrogen-bond donors (Lipinski definition) is 1. The molecule has 0 aliphatic heterocycles. The zero-order chi connectivity index (χ0) is 17.9. The second kappa shape index (κ2) is 7.01. The van der Waals surface area contributed by atoms with E-state index < -0.39 is 0 Å². The molecule has 4 rings (SSSR count). The highest BCUT2D eigenvalue weighted by Crippen LogP contribution is 2.26. The highest BCUT2D eigenvalue weighted by molar-refractivity contribution is 7.98. The van der Waals surface area contributed by atoms with Crippen molar-refractivity contribution in [1.29, 1.82) is 0 Å². The molecular weight excluding hydrogens is 351 g/mol. The van der Waals surface area contributed by atoms with Crippen LogP contribution in [0.1, 0.15) is 5.56 Å². The Morgan fingerprint density at radius 1 is 1.00 bits per heavy atom. The highest BCUT2D eigenvalue weighted by Gasteiger charge is 2.15. The summed E-state index contributed by atoms with van der Waals surface area (Å²) >= 11 is 1.44. The molecule has 0 saturated heterocycles. The van der Waals surface area contributed by atoms with Crippen molar-refractivity contribution in [2.75, 3.05) is 5.84 Å². The Bertz CT molecular complexity index is 1010. The lowest BCUT2D eigenvalue weighted by atomic mass is 10.2. The van der Waals surface area contributed by atoms with Gasteiger partial charge in [0.1, 0.15) is 5.82 Å². The van der Waals surface area contributed by atoms with Gasteiger partial charge in [-0.25, -0.2) is 13.7 Å². The second-order valence-electron chi connectivity index (χ2n) is 5.56. The summed E-state index contributed by atoms with van der Waals surface area (Å²) in [4.78, 5) is 0. The van der Waals surface area contributed by atoms with Crippen LogP contribution in [0.25, 0.3) is 17.1 Å². The fourth-order valence-electron chi connectivity index (χ4n) is 2.52. The molecule has 2 aromatic heterocycles. The van der Waals surface area contributed by atoms with Crippen LogP contribution in [0.2, 0.25) is 0 Å². The molecule has 2 aromatic carbocycles. The summed E-state index contributed by atoms with van der Waals surface area (Å²) in [5.74, 6) is 6.65. The van der Waals surface area contributed by atoms with Gasteiger partial charge in [-0.05, 0) is 35.9 Å². The first-order valence-electron chi connectivity index (χ1n) is 7.89. The molecule has 0 unspecified atom stereocenters. The molecule has 0 fully saturated rings. The average Bonchev–Trinajstić information content (AvgIpc) is 3.32. The lowest BCUT2D eigenvalue weighted by molar-refractivity contribution is 0.629. The number of thioether (sulfide) groups is 1. The Hall–Kier alpha value is -3.13. The topological polar surface area (TPSA) is 74.5 Å². The molecular formula is C18H15FN6S. The summed E-state index contributed by atoms with van der Waals surface area (Å²) < 4.78 is 17.0. The number of halogens is 1. The summed E-state index contributed by atoms with van der Waals surface area (Å²) in [6.45, 7) is 0.